The molecule has 9 heteroatoms. The summed E-state index contributed by atoms with van der Waals surface area (Å²) in [6.45, 7) is 9.99. The molecule has 0 saturated heterocycles. The first kappa shape index (κ1) is 28.9. The first-order valence-electron chi connectivity index (χ1n) is 14.0. The number of anilines is 2. The Balaban J connectivity index is 1.62. The number of aromatic hydroxyl groups is 1. The van der Waals surface area contributed by atoms with Gasteiger partial charge in [0.2, 0.25) is 0 Å². The maximum atomic E-state index is 14.0. The summed E-state index contributed by atoms with van der Waals surface area (Å²) in [6.07, 6.45) is 1.68. The number of para-hydroxylation sites is 1. The lowest BCUT2D eigenvalue weighted by atomic mass is 9.95. The first-order valence-corrected chi connectivity index (χ1v) is 14.9. The number of hydrogen-bond acceptors (Lipinski definition) is 7. The number of nitrogens with one attached hydrogen (secondary N) is 1. The number of benzene rings is 3. The quantitative estimate of drug-likeness (QED) is 0.295. The van der Waals surface area contributed by atoms with Gasteiger partial charge >= 0.3 is 0 Å². The molecule has 0 saturated carbocycles. The number of nitrogens with zero attached hydrogens (tertiary/aromatic N) is 3. The fraction of sp³-hybridized carbons (Fsp3) is 0.242. The molecule has 0 unspecified atom stereocenters. The van der Waals surface area contributed by atoms with Gasteiger partial charge in [-0.3, -0.25) is 14.2 Å². The van der Waals surface area contributed by atoms with Gasteiger partial charge in [-0.1, -0.05) is 41.7 Å². The molecular formula is C33H34N4O4S. The number of hydrogen-bond donors (Lipinski definition) is 2. The fourth-order valence-corrected chi connectivity index (χ4v) is 6.18. The molecule has 0 aliphatic carbocycles. The number of fused-ring (bicyclic) bond motifs is 1. The van der Waals surface area contributed by atoms with Crippen molar-refractivity contribution in [3.05, 3.63) is 115 Å². The SMILES string of the molecule is CCOc1ccc([C@@H]2C(C(=O)Nc3ccccc3)=C(C)N=c3s/c(=C\c4ccc(N(CC)CC)cc4O)c(=O)n32)cc1. The van der Waals surface area contributed by atoms with E-state index < -0.39 is 6.04 Å². The Morgan fingerprint density at radius 1 is 1.07 bits per heavy atom. The lowest BCUT2D eigenvalue weighted by Crippen LogP contribution is -2.40. The number of ether oxygens (including phenoxy) is 1. The van der Waals surface area contributed by atoms with Crippen LogP contribution in [-0.2, 0) is 4.79 Å². The number of allylic oxidation sites excluding steroid dienone is 1. The molecule has 1 aliphatic rings. The zero-order chi connectivity index (χ0) is 29.8. The van der Waals surface area contributed by atoms with Crippen LogP contribution < -0.4 is 29.8 Å². The minimum Gasteiger partial charge on any atom is -0.507 e. The van der Waals surface area contributed by atoms with Gasteiger partial charge in [-0.05, 0) is 75.7 Å². The van der Waals surface area contributed by atoms with Crippen molar-refractivity contribution in [2.24, 2.45) is 4.99 Å². The standard InChI is InChI=1S/C33H34N4O4S/c1-5-36(6-2)25-16-13-23(27(38)20-25)19-28-32(40)37-30(22-14-17-26(18-15-22)41-7-3)29(21(4)34-33(37)42-28)31(39)35-24-11-9-8-10-12-24/h8-20,30,38H,5-7H2,1-4H3,(H,35,39)/b28-19-/t30-/m1/s1. The van der Waals surface area contributed by atoms with Crippen molar-refractivity contribution in [3.8, 4) is 11.5 Å². The maximum Gasteiger partial charge on any atom is 0.271 e. The summed E-state index contributed by atoms with van der Waals surface area (Å²) >= 11 is 1.23. The zero-order valence-corrected chi connectivity index (χ0v) is 24.9. The van der Waals surface area contributed by atoms with Crippen LogP contribution in [0.3, 0.4) is 0 Å². The van der Waals surface area contributed by atoms with E-state index in [1.54, 1.807) is 23.6 Å². The van der Waals surface area contributed by atoms with Crippen LogP contribution in [0.5, 0.6) is 11.5 Å². The van der Waals surface area contributed by atoms with E-state index in [0.717, 1.165) is 24.3 Å². The average molecular weight is 583 g/mol. The molecule has 0 radical (unpaired) electrons. The molecular weight excluding hydrogens is 548 g/mol. The van der Waals surface area contributed by atoms with Gasteiger partial charge in [-0.2, -0.15) is 0 Å². The molecule has 2 N–H and O–H groups in total. The summed E-state index contributed by atoms with van der Waals surface area (Å²) in [4.78, 5) is 35.0. The van der Waals surface area contributed by atoms with E-state index in [1.165, 1.54) is 11.3 Å². The van der Waals surface area contributed by atoms with E-state index in [-0.39, 0.29) is 17.2 Å². The molecule has 1 atom stereocenters. The van der Waals surface area contributed by atoms with Crippen molar-refractivity contribution in [1.29, 1.82) is 0 Å². The fourth-order valence-electron chi connectivity index (χ4n) is 5.14. The van der Waals surface area contributed by atoms with Crippen molar-refractivity contribution in [1.82, 2.24) is 4.57 Å². The Bertz CT molecular complexity index is 1800. The molecule has 3 aromatic carbocycles. The number of amides is 1. The van der Waals surface area contributed by atoms with Crippen molar-refractivity contribution >= 4 is 34.7 Å². The second kappa shape index (κ2) is 12.5. The smallest absolute Gasteiger partial charge is 0.271 e. The topological polar surface area (TPSA) is 96.2 Å². The highest BCUT2D eigenvalue weighted by Gasteiger charge is 2.32. The van der Waals surface area contributed by atoms with E-state index in [9.17, 15) is 14.7 Å². The number of aromatic nitrogens is 1. The second-order valence-corrected chi connectivity index (χ2v) is 10.8. The minimum absolute atomic E-state index is 0.0902. The minimum atomic E-state index is -0.707. The van der Waals surface area contributed by atoms with Crippen LogP contribution in [0.4, 0.5) is 11.4 Å². The number of carbonyl (C=O) groups is 1. The normalized spacial score (nSPS) is 14.8. The average Bonchev–Trinajstić information content (AvgIpc) is 3.29. The summed E-state index contributed by atoms with van der Waals surface area (Å²) in [5.41, 5.74) is 3.47. The third kappa shape index (κ3) is 5.73. The third-order valence-electron chi connectivity index (χ3n) is 7.23. The number of carbonyl (C=O) groups excluding carboxylic acids is 1. The number of thiazole rings is 1. The van der Waals surface area contributed by atoms with Gasteiger partial charge in [0.15, 0.2) is 4.80 Å². The molecule has 5 rings (SSSR count). The van der Waals surface area contributed by atoms with Gasteiger partial charge < -0.3 is 20.1 Å². The highest BCUT2D eigenvalue weighted by molar-refractivity contribution is 7.07. The van der Waals surface area contributed by atoms with Gasteiger partial charge in [0.1, 0.15) is 11.5 Å². The lowest BCUT2D eigenvalue weighted by Gasteiger charge is -2.25. The van der Waals surface area contributed by atoms with Crippen molar-refractivity contribution < 1.29 is 14.6 Å². The molecule has 0 spiro atoms. The van der Waals surface area contributed by atoms with Crippen LogP contribution >= 0.6 is 11.3 Å². The first-order chi connectivity index (χ1) is 20.3. The molecule has 216 valence electrons. The lowest BCUT2D eigenvalue weighted by molar-refractivity contribution is -0.113. The zero-order valence-electron chi connectivity index (χ0n) is 24.1. The monoisotopic (exact) mass is 582 g/mol. The number of phenolic OH excluding ortho intramolecular Hbond substituents is 1. The summed E-state index contributed by atoms with van der Waals surface area (Å²) in [6, 6.07) is 21.4. The largest absolute Gasteiger partial charge is 0.507 e. The van der Waals surface area contributed by atoms with Gasteiger partial charge in [-0.25, -0.2) is 4.99 Å². The summed E-state index contributed by atoms with van der Waals surface area (Å²) in [7, 11) is 0. The molecule has 0 bridgehead atoms. The highest BCUT2D eigenvalue weighted by Crippen LogP contribution is 2.32. The van der Waals surface area contributed by atoms with Crippen LogP contribution in [0.25, 0.3) is 6.08 Å². The molecule has 1 aromatic heterocycles. The summed E-state index contributed by atoms with van der Waals surface area (Å²) < 4.78 is 7.61. The van der Waals surface area contributed by atoms with E-state index in [4.69, 9.17) is 9.73 Å². The Hall–Kier alpha value is -4.63. The maximum absolute atomic E-state index is 14.0. The van der Waals surface area contributed by atoms with E-state index >= 15 is 0 Å². The van der Waals surface area contributed by atoms with Gasteiger partial charge in [0.05, 0.1) is 28.5 Å². The number of rotatable bonds is 9. The molecule has 1 aliphatic heterocycles. The van der Waals surface area contributed by atoms with Crippen LogP contribution in [0.15, 0.2) is 93.9 Å². The Kier molecular flexibility index (Phi) is 8.59. The van der Waals surface area contributed by atoms with Gasteiger partial charge in [0.25, 0.3) is 11.5 Å². The number of phenols is 1. The van der Waals surface area contributed by atoms with Crippen LogP contribution in [-0.4, -0.2) is 35.3 Å². The molecule has 2 heterocycles. The summed E-state index contributed by atoms with van der Waals surface area (Å²) in [5, 5.41) is 13.8. The van der Waals surface area contributed by atoms with Gasteiger partial charge in [0, 0.05) is 36.1 Å². The second-order valence-electron chi connectivity index (χ2n) is 9.82. The Labute approximate surface area is 248 Å². The summed E-state index contributed by atoms with van der Waals surface area (Å²) in [5.74, 6) is 0.459. The highest BCUT2D eigenvalue weighted by atomic mass is 32.1. The molecule has 0 fully saturated rings. The van der Waals surface area contributed by atoms with Crippen LogP contribution in [0, 0.1) is 0 Å². The predicted molar refractivity (Wildman–Crippen MR) is 168 cm³/mol. The van der Waals surface area contributed by atoms with Crippen LogP contribution in [0.2, 0.25) is 0 Å². The van der Waals surface area contributed by atoms with E-state index in [0.29, 0.717) is 44.2 Å². The molecule has 42 heavy (non-hydrogen) atoms. The Morgan fingerprint density at radius 3 is 2.43 bits per heavy atom. The van der Waals surface area contributed by atoms with Crippen LogP contribution in [0.1, 0.15) is 44.9 Å². The van der Waals surface area contributed by atoms with Crippen molar-refractivity contribution in [2.45, 2.75) is 33.7 Å². The molecule has 1 amide bonds. The third-order valence-corrected chi connectivity index (χ3v) is 8.22. The van der Waals surface area contributed by atoms with Crippen molar-refractivity contribution in [2.75, 3.05) is 29.9 Å². The van der Waals surface area contributed by atoms with E-state index in [1.807, 2.05) is 73.7 Å². The molecule has 8 nitrogen and oxygen atoms in total. The molecule has 4 aromatic rings. The predicted octanol–water partition coefficient (Wildman–Crippen LogP) is 4.82. The van der Waals surface area contributed by atoms with Gasteiger partial charge in [-0.15, -0.1) is 0 Å². The Morgan fingerprint density at radius 2 is 1.79 bits per heavy atom. The van der Waals surface area contributed by atoms with E-state index in [2.05, 4.69) is 24.1 Å². The van der Waals surface area contributed by atoms with Crippen molar-refractivity contribution in [3.63, 3.8) is 0 Å².